The Morgan fingerprint density at radius 2 is 1.79 bits per heavy atom. The van der Waals surface area contributed by atoms with Crippen LogP contribution >= 0.6 is 11.3 Å². The summed E-state index contributed by atoms with van der Waals surface area (Å²) >= 11 is 1.48. The quantitative estimate of drug-likeness (QED) is 0.470. The van der Waals surface area contributed by atoms with Crippen LogP contribution in [0.5, 0.6) is 11.5 Å². The third-order valence-electron chi connectivity index (χ3n) is 3.95. The molecule has 0 radical (unpaired) electrons. The molecule has 29 heavy (non-hydrogen) atoms. The zero-order chi connectivity index (χ0) is 20.1. The molecule has 1 amide bonds. The lowest BCUT2D eigenvalue weighted by Crippen LogP contribution is -2.21. The molecule has 0 aliphatic carbocycles. The van der Waals surface area contributed by atoms with E-state index in [1.807, 2.05) is 46.3 Å². The van der Waals surface area contributed by atoms with Gasteiger partial charge in [0.25, 0.3) is 5.91 Å². The number of hydrogen-bond acceptors (Lipinski definition) is 6. The van der Waals surface area contributed by atoms with Gasteiger partial charge in [-0.25, -0.2) is 4.98 Å². The summed E-state index contributed by atoms with van der Waals surface area (Å²) in [6, 6.07) is 16.3. The fraction of sp³-hybridized carbons (Fsp3) is 0.0952. The number of carbonyl (C=O) groups excluding carboxylic acids is 2. The summed E-state index contributed by atoms with van der Waals surface area (Å²) in [6.45, 7) is -0.358. The smallest absolute Gasteiger partial charge is 0.312 e. The Morgan fingerprint density at radius 1 is 1.03 bits per heavy atom. The van der Waals surface area contributed by atoms with Gasteiger partial charge >= 0.3 is 5.97 Å². The van der Waals surface area contributed by atoms with Crippen LogP contribution in [0.4, 0.5) is 5.69 Å². The van der Waals surface area contributed by atoms with Crippen molar-refractivity contribution in [3.63, 3.8) is 0 Å². The Morgan fingerprint density at radius 3 is 2.55 bits per heavy atom. The lowest BCUT2D eigenvalue weighted by atomic mass is 10.3. The molecule has 4 aromatic rings. The maximum Gasteiger partial charge on any atom is 0.312 e. The van der Waals surface area contributed by atoms with Gasteiger partial charge in [-0.15, -0.1) is 11.3 Å². The van der Waals surface area contributed by atoms with Crippen LogP contribution in [0.25, 0.3) is 4.96 Å². The summed E-state index contributed by atoms with van der Waals surface area (Å²) in [5, 5.41) is 4.59. The number of carbonyl (C=O) groups is 2. The highest BCUT2D eigenvalue weighted by Gasteiger charge is 2.12. The van der Waals surface area contributed by atoms with Crippen LogP contribution in [0, 0.1) is 0 Å². The van der Waals surface area contributed by atoms with Gasteiger partial charge in [0, 0.05) is 23.5 Å². The number of amides is 1. The molecule has 0 saturated carbocycles. The van der Waals surface area contributed by atoms with E-state index in [4.69, 9.17) is 9.47 Å². The molecule has 8 heteroatoms. The predicted octanol–water partition coefficient (Wildman–Crippen LogP) is 3.91. The van der Waals surface area contributed by atoms with Crippen molar-refractivity contribution < 1.29 is 19.1 Å². The summed E-state index contributed by atoms with van der Waals surface area (Å²) < 4.78 is 12.6. The topological polar surface area (TPSA) is 81.9 Å². The third-order valence-corrected chi connectivity index (χ3v) is 4.72. The molecule has 2 aromatic heterocycles. The van der Waals surface area contributed by atoms with Crippen molar-refractivity contribution in [1.29, 1.82) is 0 Å². The molecule has 2 heterocycles. The lowest BCUT2D eigenvalue weighted by molar-refractivity contribution is -0.146. The Kier molecular flexibility index (Phi) is 5.53. The molecule has 0 aliphatic heterocycles. The highest BCUT2D eigenvalue weighted by Crippen LogP contribution is 2.22. The third kappa shape index (κ3) is 4.99. The SMILES string of the molecule is O=C(COC(=O)Cc1cn2ccsc2n1)Nc1ccc(Oc2ccccc2)cc1. The molecule has 146 valence electrons. The maximum absolute atomic E-state index is 12.0. The average molecular weight is 407 g/mol. The van der Waals surface area contributed by atoms with Gasteiger partial charge in [0.15, 0.2) is 11.6 Å². The summed E-state index contributed by atoms with van der Waals surface area (Å²) in [5.74, 6) is 0.466. The van der Waals surface area contributed by atoms with Crippen LogP contribution < -0.4 is 10.1 Å². The number of fused-ring (bicyclic) bond motifs is 1. The van der Waals surface area contributed by atoms with Gasteiger partial charge in [0.2, 0.25) is 0 Å². The van der Waals surface area contributed by atoms with Crippen molar-refractivity contribution in [1.82, 2.24) is 9.38 Å². The number of benzene rings is 2. The first-order valence-corrected chi connectivity index (χ1v) is 9.73. The number of nitrogens with zero attached hydrogens (tertiary/aromatic N) is 2. The molecule has 0 unspecified atom stereocenters. The second-order valence-corrected chi connectivity index (χ2v) is 7.02. The molecule has 7 nitrogen and oxygen atoms in total. The highest BCUT2D eigenvalue weighted by atomic mass is 32.1. The van der Waals surface area contributed by atoms with Crippen molar-refractivity contribution >= 4 is 33.9 Å². The molecular weight excluding hydrogens is 390 g/mol. The number of thiazole rings is 1. The van der Waals surface area contributed by atoms with Crippen LogP contribution in [0.1, 0.15) is 5.69 Å². The minimum absolute atomic E-state index is 0.0210. The zero-order valence-corrected chi connectivity index (χ0v) is 16.1. The summed E-state index contributed by atoms with van der Waals surface area (Å²) in [6.07, 6.45) is 3.66. The van der Waals surface area contributed by atoms with E-state index in [-0.39, 0.29) is 13.0 Å². The highest BCUT2D eigenvalue weighted by molar-refractivity contribution is 7.15. The molecule has 4 rings (SSSR count). The van der Waals surface area contributed by atoms with Crippen LogP contribution in [-0.4, -0.2) is 27.9 Å². The van der Waals surface area contributed by atoms with Gasteiger partial charge < -0.3 is 14.8 Å². The number of hydrogen-bond donors (Lipinski definition) is 1. The van der Waals surface area contributed by atoms with E-state index in [9.17, 15) is 9.59 Å². The Labute approximate surface area is 170 Å². The largest absolute Gasteiger partial charge is 0.457 e. The van der Waals surface area contributed by atoms with Crippen LogP contribution in [-0.2, 0) is 20.7 Å². The number of ether oxygens (including phenoxy) is 2. The minimum atomic E-state index is -0.502. The average Bonchev–Trinajstić information content (AvgIpc) is 3.30. The van der Waals surface area contributed by atoms with Crippen LogP contribution in [0.2, 0.25) is 0 Å². The lowest BCUT2D eigenvalue weighted by Gasteiger charge is -2.08. The Hall–Kier alpha value is -3.65. The van der Waals surface area contributed by atoms with Crippen molar-refractivity contribution in [3.05, 3.63) is 78.1 Å². The second-order valence-electron chi connectivity index (χ2n) is 6.15. The molecule has 0 saturated heterocycles. The van der Waals surface area contributed by atoms with Gasteiger partial charge in [-0.2, -0.15) is 0 Å². The van der Waals surface area contributed by atoms with Gasteiger partial charge in [-0.1, -0.05) is 18.2 Å². The predicted molar refractivity (Wildman–Crippen MR) is 109 cm³/mol. The van der Waals surface area contributed by atoms with E-state index >= 15 is 0 Å². The summed E-state index contributed by atoms with van der Waals surface area (Å²) in [7, 11) is 0. The van der Waals surface area contributed by atoms with Crippen molar-refractivity contribution in [2.24, 2.45) is 0 Å². The zero-order valence-electron chi connectivity index (χ0n) is 15.3. The molecular formula is C21H17N3O4S. The van der Waals surface area contributed by atoms with E-state index in [0.29, 0.717) is 17.1 Å². The number of imidazole rings is 1. The van der Waals surface area contributed by atoms with Crippen LogP contribution in [0.15, 0.2) is 72.4 Å². The number of para-hydroxylation sites is 1. The Bertz CT molecular complexity index is 1090. The van der Waals surface area contributed by atoms with E-state index < -0.39 is 11.9 Å². The number of aromatic nitrogens is 2. The molecule has 1 N–H and O–H groups in total. The minimum Gasteiger partial charge on any atom is -0.457 e. The molecule has 0 atom stereocenters. The first-order valence-electron chi connectivity index (χ1n) is 8.85. The first-order chi connectivity index (χ1) is 14.2. The van der Waals surface area contributed by atoms with E-state index in [1.54, 1.807) is 30.5 Å². The number of anilines is 1. The molecule has 0 bridgehead atoms. The van der Waals surface area contributed by atoms with Gasteiger partial charge in [0.1, 0.15) is 11.5 Å². The fourth-order valence-corrected chi connectivity index (χ4v) is 3.35. The van der Waals surface area contributed by atoms with Crippen molar-refractivity contribution in [3.8, 4) is 11.5 Å². The standard InChI is InChI=1S/C21H17N3O4S/c25-19(14-27-20(26)12-16-13-24-10-11-29-21(24)23-16)22-15-6-8-18(9-7-15)28-17-4-2-1-3-5-17/h1-11,13H,12,14H2,(H,22,25). The summed E-state index contributed by atoms with van der Waals surface area (Å²) in [4.78, 5) is 29.1. The van der Waals surface area contributed by atoms with Crippen LogP contribution in [0.3, 0.4) is 0 Å². The van der Waals surface area contributed by atoms with Gasteiger partial charge in [-0.05, 0) is 36.4 Å². The van der Waals surface area contributed by atoms with Crippen molar-refractivity contribution in [2.75, 3.05) is 11.9 Å². The molecule has 0 fully saturated rings. The Balaban J connectivity index is 1.23. The summed E-state index contributed by atoms with van der Waals surface area (Å²) in [5.41, 5.74) is 1.19. The molecule has 0 aliphatic rings. The molecule has 0 spiro atoms. The van der Waals surface area contributed by atoms with E-state index in [1.165, 1.54) is 11.3 Å². The number of esters is 1. The van der Waals surface area contributed by atoms with Gasteiger partial charge in [-0.3, -0.25) is 14.0 Å². The van der Waals surface area contributed by atoms with Gasteiger partial charge in [0.05, 0.1) is 12.1 Å². The first kappa shape index (κ1) is 18.7. The second kappa shape index (κ2) is 8.57. The fourth-order valence-electron chi connectivity index (χ4n) is 2.63. The normalized spacial score (nSPS) is 10.6. The van der Waals surface area contributed by atoms with Crippen molar-refractivity contribution in [2.45, 2.75) is 6.42 Å². The number of rotatable bonds is 7. The van der Waals surface area contributed by atoms with E-state index in [0.717, 1.165) is 10.7 Å². The maximum atomic E-state index is 12.0. The molecule has 2 aromatic carbocycles. The monoisotopic (exact) mass is 407 g/mol. The number of nitrogens with one attached hydrogen (secondary N) is 1. The van der Waals surface area contributed by atoms with E-state index in [2.05, 4.69) is 10.3 Å².